The number of hydrogen-bond donors (Lipinski definition) is 0. The van der Waals surface area contributed by atoms with Crippen LogP contribution in [0.1, 0.15) is 13.3 Å². The Labute approximate surface area is 79.5 Å². The number of ether oxygens (including phenoxy) is 2. The predicted molar refractivity (Wildman–Crippen MR) is 53.4 cm³/mol. The van der Waals surface area contributed by atoms with Gasteiger partial charge in [-0.05, 0) is 18.6 Å². The first-order valence-electron chi connectivity index (χ1n) is 4.39. The molecule has 0 aromatic carbocycles. The van der Waals surface area contributed by atoms with Crippen LogP contribution in [0.25, 0.3) is 0 Å². The SMILES string of the molecule is CC=CC1=CCC(OC)(OC)C=C1. The third-order valence-corrected chi connectivity index (χ3v) is 2.20. The van der Waals surface area contributed by atoms with Crippen molar-refractivity contribution < 1.29 is 9.47 Å². The predicted octanol–water partition coefficient (Wildman–Crippen LogP) is 2.44. The van der Waals surface area contributed by atoms with Gasteiger partial charge in [0.2, 0.25) is 0 Å². The molecule has 72 valence electrons. The van der Waals surface area contributed by atoms with Crippen LogP contribution in [-0.4, -0.2) is 20.0 Å². The minimum absolute atomic E-state index is 0.551. The van der Waals surface area contributed by atoms with Crippen molar-refractivity contribution in [1.29, 1.82) is 0 Å². The molecule has 2 nitrogen and oxygen atoms in total. The molecule has 0 heterocycles. The summed E-state index contributed by atoms with van der Waals surface area (Å²) in [6.07, 6.45) is 10.9. The van der Waals surface area contributed by atoms with Crippen LogP contribution in [0, 0.1) is 0 Å². The van der Waals surface area contributed by atoms with E-state index in [2.05, 4.69) is 12.2 Å². The number of allylic oxidation sites excluding steroid dienone is 4. The largest absolute Gasteiger partial charge is 0.349 e. The molecule has 0 aliphatic heterocycles. The molecule has 0 atom stereocenters. The van der Waals surface area contributed by atoms with Crippen molar-refractivity contribution in [1.82, 2.24) is 0 Å². The molecule has 0 N–H and O–H groups in total. The lowest BCUT2D eigenvalue weighted by molar-refractivity contribution is -0.167. The van der Waals surface area contributed by atoms with Gasteiger partial charge in [-0.1, -0.05) is 24.3 Å². The topological polar surface area (TPSA) is 18.5 Å². The third-order valence-electron chi connectivity index (χ3n) is 2.20. The first-order valence-corrected chi connectivity index (χ1v) is 4.39. The van der Waals surface area contributed by atoms with Crippen LogP contribution in [0.3, 0.4) is 0 Å². The molecule has 0 amide bonds. The Morgan fingerprint density at radius 2 is 2.08 bits per heavy atom. The minimum atomic E-state index is -0.551. The van der Waals surface area contributed by atoms with Gasteiger partial charge in [0.05, 0.1) is 0 Å². The highest BCUT2D eigenvalue weighted by Crippen LogP contribution is 2.25. The summed E-state index contributed by atoms with van der Waals surface area (Å²) in [7, 11) is 3.31. The number of hydrogen-bond acceptors (Lipinski definition) is 2. The molecule has 0 aromatic rings. The summed E-state index contributed by atoms with van der Waals surface area (Å²) in [5.41, 5.74) is 1.20. The fourth-order valence-corrected chi connectivity index (χ4v) is 1.32. The molecule has 0 radical (unpaired) electrons. The zero-order valence-electron chi connectivity index (χ0n) is 8.41. The van der Waals surface area contributed by atoms with Crippen LogP contribution in [0.4, 0.5) is 0 Å². The lowest BCUT2D eigenvalue weighted by Crippen LogP contribution is -2.31. The summed E-state index contributed by atoms with van der Waals surface area (Å²) in [5.74, 6) is -0.551. The van der Waals surface area contributed by atoms with E-state index >= 15 is 0 Å². The molecule has 0 saturated carbocycles. The molecular formula is C11H16O2. The summed E-state index contributed by atoms with van der Waals surface area (Å²) in [6, 6.07) is 0. The molecule has 13 heavy (non-hydrogen) atoms. The average molecular weight is 180 g/mol. The molecule has 0 fully saturated rings. The quantitative estimate of drug-likeness (QED) is 0.621. The molecule has 0 saturated heterocycles. The standard InChI is InChI=1S/C11H16O2/c1-4-5-10-6-8-11(12-2,13-3)9-7-10/h4-8H,9H2,1-3H3. The Hall–Kier alpha value is -0.860. The van der Waals surface area contributed by atoms with E-state index in [0.29, 0.717) is 0 Å². The Bertz CT molecular complexity index is 245. The van der Waals surface area contributed by atoms with Crippen LogP contribution in [-0.2, 0) is 9.47 Å². The molecule has 2 heteroatoms. The zero-order valence-corrected chi connectivity index (χ0v) is 8.41. The van der Waals surface area contributed by atoms with E-state index in [1.807, 2.05) is 25.2 Å². The van der Waals surface area contributed by atoms with E-state index in [9.17, 15) is 0 Å². The van der Waals surface area contributed by atoms with Crippen LogP contribution >= 0.6 is 0 Å². The maximum absolute atomic E-state index is 5.28. The fourth-order valence-electron chi connectivity index (χ4n) is 1.32. The van der Waals surface area contributed by atoms with Crippen LogP contribution < -0.4 is 0 Å². The molecule has 1 rings (SSSR count). The van der Waals surface area contributed by atoms with Crippen molar-refractivity contribution in [2.75, 3.05) is 14.2 Å². The van der Waals surface area contributed by atoms with Crippen molar-refractivity contribution in [2.45, 2.75) is 19.1 Å². The van der Waals surface area contributed by atoms with Gasteiger partial charge in [-0.2, -0.15) is 0 Å². The lowest BCUT2D eigenvalue weighted by atomic mass is 10.0. The van der Waals surface area contributed by atoms with Crippen molar-refractivity contribution in [2.24, 2.45) is 0 Å². The summed E-state index contributed by atoms with van der Waals surface area (Å²) >= 11 is 0. The van der Waals surface area contributed by atoms with Gasteiger partial charge < -0.3 is 9.47 Å². The zero-order chi connectivity index (χ0) is 9.73. The second-order valence-corrected chi connectivity index (χ2v) is 2.96. The molecule has 0 unspecified atom stereocenters. The molecule has 1 aliphatic rings. The second kappa shape index (κ2) is 4.40. The van der Waals surface area contributed by atoms with Crippen molar-refractivity contribution >= 4 is 0 Å². The van der Waals surface area contributed by atoms with E-state index < -0.39 is 5.79 Å². The van der Waals surface area contributed by atoms with Gasteiger partial charge in [0.25, 0.3) is 0 Å². The monoisotopic (exact) mass is 180 g/mol. The van der Waals surface area contributed by atoms with E-state index in [1.165, 1.54) is 5.57 Å². The number of rotatable bonds is 3. The average Bonchev–Trinajstić information content (AvgIpc) is 2.20. The maximum Gasteiger partial charge on any atom is 0.190 e. The third kappa shape index (κ3) is 2.29. The summed E-state index contributed by atoms with van der Waals surface area (Å²) in [6.45, 7) is 2.00. The first-order chi connectivity index (χ1) is 6.26. The maximum atomic E-state index is 5.28. The Kier molecular flexibility index (Phi) is 3.46. The normalized spacial score (nSPS) is 20.7. The highest BCUT2D eigenvalue weighted by atomic mass is 16.7. The van der Waals surface area contributed by atoms with Crippen molar-refractivity contribution in [3.8, 4) is 0 Å². The van der Waals surface area contributed by atoms with Crippen LogP contribution in [0.2, 0.25) is 0 Å². The first kappa shape index (κ1) is 10.2. The van der Waals surface area contributed by atoms with Gasteiger partial charge >= 0.3 is 0 Å². The smallest absolute Gasteiger partial charge is 0.190 e. The van der Waals surface area contributed by atoms with E-state index in [4.69, 9.17) is 9.47 Å². The Morgan fingerprint density at radius 1 is 1.38 bits per heavy atom. The van der Waals surface area contributed by atoms with Gasteiger partial charge in [0.1, 0.15) is 0 Å². The van der Waals surface area contributed by atoms with Gasteiger partial charge in [-0.15, -0.1) is 0 Å². The summed E-state index contributed by atoms with van der Waals surface area (Å²) < 4.78 is 10.6. The molecule has 1 aliphatic carbocycles. The van der Waals surface area contributed by atoms with Crippen molar-refractivity contribution in [3.63, 3.8) is 0 Å². The fraction of sp³-hybridized carbons (Fsp3) is 0.455. The molecule has 0 aromatic heterocycles. The van der Waals surface area contributed by atoms with E-state index in [-0.39, 0.29) is 0 Å². The highest BCUT2D eigenvalue weighted by Gasteiger charge is 2.26. The molecular weight excluding hydrogens is 164 g/mol. The summed E-state index contributed by atoms with van der Waals surface area (Å²) in [5, 5.41) is 0. The molecule has 0 bridgehead atoms. The van der Waals surface area contributed by atoms with Gasteiger partial charge in [0, 0.05) is 20.6 Å². The van der Waals surface area contributed by atoms with Crippen LogP contribution in [0.15, 0.2) is 36.0 Å². The van der Waals surface area contributed by atoms with E-state index in [0.717, 1.165) is 6.42 Å². The van der Waals surface area contributed by atoms with Gasteiger partial charge in [0.15, 0.2) is 5.79 Å². The number of methoxy groups -OCH3 is 2. The summed E-state index contributed by atoms with van der Waals surface area (Å²) in [4.78, 5) is 0. The van der Waals surface area contributed by atoms with Gasteiger partial charge in [-0.25, -0.2) is 0 Å². The highest BCUT2D eigenvalue weighted by molar-refractivity contribution is 5.35. The van der Waals surface area contributed by atoms with Crippen molar-refractivity contribution in [3.05, 3.63) is 36.0 Å². The lowest BCUT2D eigenvalue weighted by Gasteiger charge is -2.28. The van der Waals surface area contributed by atoms with E-state index in [1.54, 1.807) is 14.2 Å². The minimum Gasteiger partial charge on any atom is -0.349 e. The van der Waals surface area contributed by atoms with Crippen LogP contribution in [0.5, 0.6) is 0 Å². The Balaban J connectivity index is 2.71. The van der Waals surface area contributed by atoms with Gasteiger partial charge in [-0.3, -0.25) is 0 Å². The Morgan fingerprint density at radius 3 is 2.46 bits per heavy atom. The molecule has 0 spiro atoms. The second-order valence-electron chi connectivity index (χ2n) is 2.96.